The van der Waals surface area contributed by atoms with E-state index in [0.29, 0.717) is 12.8 Å². The number of carbonyl (C=O) groups excluding carboxylic acids is 2. The first-order chi connectivity index (χ1) is 7.59. The van der Waals surface area contributed by atoms with Crippen LogP contribution in [-0.2, 0) is 16.0 Å². The van der Waals surface area contributed by atoms with Gasteiger partial charge >= 0.3 is 0 Å². The van der Waals surface area contributed by atoms with Gasteiger partial charge in [0.2, 0.25) is 11.1 Å². The van der Waals surface area contributed by atoms with Crippen LogP contribution in [0, 0.1) is 0 Å². The summed E-state index contributed by atoms with van der Waals surface area (Å²) in [7, 11) is 0. The molecular weight excluding hydrogens is 226 g/mol. The number of hydrogen-bond acceptors (Lipinski definition) is 2. The molecule has 0 radical (unpaired) electrons. The summed E-state index contributed by atoms with van der Waals surface area (Å²) < 4.78 is 0. The zero-order valence-corrected chi connectivity index (χ0v) is 9.83. The topological polar surface area (TPSA) is 46.2 Å². The molecule has 1 amide bonds. The van der Waals surface area contributed by atoms with Crippen molar-refractivity contribution >= 4 is 22.8 Å². The van der Waals surface area contributed by atoms with Gasteiger partial charge in [0.25, 0.3) is 0 Å². The van der Waals surface area contributed by atoms with E-state index in [1.165, 1.54) is 0 Å². The summed E-state index contributed by atoms with van der Waals surface area (Å²) in [6.45, 7) is 1.57. The van der Waals surface area contributed by atoms with E-state index in [9.17, 15) is 9.59 Å². The average Bonchev–Trinajstić information content (AvgIpc) is 2.27. The van der Waals surface area contributed by atoms with Crippen LogP contribution in [0.2, 0.25) is 0 Å². The van der Waals surface area contributed by atoms with Gasteiger partial charge < -0.3 is 5.32 Å². The van der Waals surface area contributed by atoms with E-state index in [4.69, 9.17) is 11.6 Å². The molecule has 4 heteroatoms. The fourth-order valence-electron chi connectivity index (χ4n) is 1.27. The summed E-state index contributed by atoms with van der Waals surface area (Å²) >= 11 is 5.24. The average molecular weight is 240 g/mol. The molecule has 0 aliphatic heterocycles. The van der Waals surface area contributed by atoms with Gasteiger partial charge in [0.1, 0.15) is 6.04 Å². The Hall–Kier alpha value is -1.35. The SMILES string of the molecule is CC(NC(=O)CCc1ccccc1)C(=O)Cl. The number of amides is 1. The fraction of sp³-hybridized carbons (Fsp3) is 0.333. The van der Waals surface area contributed by atoms with Gasteiger partial charge in [0.15, 0.2) is 0 Å². The Balaban J connectivity index is 2.33. The van der Waals surface area contributed by atoms with Crippen LogP contribution in [0.5, 0.6) is 0 Å². The lowest BCUT2D eigenvalue weighted by molar-refractivity contribution is -0.124. The first-order valence-electron chi connectivity index (χ1n) is 5.12. The Morgan fingerprint density at radius 2 is 1.94 bits per heavy atom. The molecule has 0 heterocycles. The molecule has 1 rings (SSSR count). The second kappa shape index (κ2) is 6.28. The first kappa shape index (κ1) is 12.7. The third-order valence-corrected chi connectivity index (χ3v) is 2.53. The highest BCUT2D eigenvalue weighted by molar-refractivity contribution is 6.64. The van der Waals surface area contributed by atoms with E-state index in [0.717, 1.165) is 5.56 Å². The summed E-state index contributed by atoms with van der Waals surface area (Å²) in [6.07, 6.45) is 1.02. The van der Waals surface area contributed by atoms with Crippen molar-refractivity contribution in [3.63, 3.8) is 0 Å². The lowest BCUT2D eigenvalue weighted by atomic mass is 10.1. The molecule has 1 N–H and O–H groups in total. The highest BCUT2D eigenvalue weighted by Crippen LogP contribution is 2.02. The van der Waals surface area contributed by atoms with E-state index < -0.39 is 11.3 Å². The molecule has 0 spiro atoms. The number of halogens is 1. The van der Waals surface area contributed by atoms with Crippen molar-refractivity contribution in [2.75, 3.05) is 0 Å². The minimum absolute atomic E-state index is 0.162. The molecular formula is C12H14ClNO2. The van der Waals surface area contributed by atoms with Gasteiger partial charge in [-0.1, -0.05) is 30.3 Å². The molecule has 0 aromatic heterocycles. The Morgan fingerprint density at radius 3 is 2.50 bits per heavy atom. The summed E-state index contributed by atoms with van der Waals surface area (Å²) in [4.78, 5) is 22.1. The third kappa shape index (κ3) is 4.45. The van der Waals surface area contributed by atoms with E-state index in [1.807, 2.05) is 30.3 Å². The molecule has 0 fully saturated rings. The zero-order chi connectivity index (χ0) is 12.0. The maximum Gasteiger partial charge on any atom is 0.243 e. The highest BCUT2D eigenvalue weighted by Gasteiger charge is 2.12. The maximum atomic E-state index is 11.4. The lowest BCUT2D eigenvalue weighted by Gasteiger charge is -2.08. The number of aryl methyl sites for hydroxylation is 1. The van der Waals surface area contributed by atoms with Crippen LogP contribution in [0.15, 0.2) is 30.3 Å². The molecule has 0 bridgehead atoms. The molecule has 1 aromatic carbocycles. The molecule has 0 saturated heterocycles. The van der Waals surface area contributed by atoms with Crippen molar-refractivity contribution in [2.24, 2.45) is 0 Å². The minimum atomic E-state index is -0.620. The Kier molecular flexibility index (Phi) is 4.99. The molecule has 1 atom stereocenters. The van der Waals surface area contributed by atoms with E-state index in [1.54, 1.807) is 6.92 Å². The second-order valence-electron chi connectivity index (χ2n) is 3.58. The Bertz CT molecular complexity index is 365. The van der Waals surface area contributed by atoms with Gasteiger partial charge in [-0.05, 0) is 30.5 Å². The van der Waals surface area contributed by atoms with Crippen molar-refractivity contribution in [2.45, 2.75) is 25.8 Å². The van der Waals surface area contributed by atoms with Crippen molar-refractivity contribution < 1.29 is 9.59 Å². The molecule has 16 heavy (non-hydrogen) atoms. The van der Waals surface area contributed by atoms with Gasteiger partial charge in [-0.3, -0.25) is 9.59 Å². The van der Waals surface area contributed by atoms with Crippen LogP contribution in [0.25, 0.3) is 0 Å². The predicted octanol–water partition coefficient (Wildman–Crippen LogP) is 1.89. The van der Waals surface area contributed by atoms with Crippen molar-refractivity contribution in [1.29, 1.82) is 0 Å². The van der Waals surface area contributed by atoms with E-state index >= 15 is 0 Å². The highest BCUT2D eigenvalue weighted by atomic mass is 35.5. The predicted molar refractivity (Wildman–Crippen MR) is 63.2 cm³/mol. The Labute approximate surface area is 99.8 Å². The minimum Gasteiger partial charge on any atom is -0.345 e. The van der Waals surface area contributed by atoms with E-state index in [2.05, 4.69) is 5.32 Å². The van der Waals surface area contributed by atoms with Crippen LogP contribution in [0.1, 0.15) is 18.9 Å². The van der Waals surface area contributed by atoms with E-state index in [-0.39, 0.29) is 5.91 Å². The van der Waals surface area contributed by atoms with Crippen LogP contribution in [0.4, 0.5) is 0 Å². The van der Waals surface area contributed by atoms with Gasteiger partial charge in [0.05, 0.1) is 0 Å². The van der Waals surface area contributed by atoms with Crippen molar-refractivity contribution in [1.82, 2.24) is 5.32 Å². The molecule has 0 aliphatic rings. The summed E-state index contributed by atoms with van der Waals surface area (Å²) in [6, 6.07) is 9.09. The monoisotopic (exact) mass is 239 g/mol. The molecule has 0 saturated carbocycles. The molecule has 1 aromatic rings. The lowest BCUT2D eigenvalue weighted by Crippen LogP contribution is -2.36. The molecule has 1 unspecified atom stereocenters. The van der Waals surface area contributed by atoms with Crippen molar-refractivity contribution in [3.8, 4) is 0 Å². The fourth-order valence-corrected chi connectivity index (χ4v) is 1.33. The largest absolute Gasteiger partial charge is 0.345 e. The van der Waals surface area contributed by atoms with Crippen LogP contribution in [-0.4, -0.2) is 17.2 Å². The molecule has 86 valence electrons. The summed E-state index contributed by atoms with van der Waals surface area (Å²) in [5, 5.41) is 1.98. The van der Waals surface area contributed by atoms with Crippen LogP contribution < -0.4 is 5.32 Å². The summed E-state index contributed by atoms with van der Waals surface area (Å²) in [5.41, 5.74) is 1.10. The number of carbonyl (C=O) groups is 2. The standard InChI is InChI=1S/C12H14ClNO2/c1-9(12(13)16)14-11(15)8-7-10-5-3-2-4-6-10/h2-6,9H,7-8H2,1H3,(H,14,15). The third-order valence-electron chi connectivity index (χ3n) is 2.20. The Morgan fingerprint density at radius 1 is 1.31 bits per heavy atom. The van der Waals surface area contributed by atoms with Gasteiger partial charge in [-0.15, -0.1) is 0 Å². The number of nitrogens with one attached hydrogen (secondary N) is 1. The molecule has 0 aliphatic carbocycles. The maximum absolute atomic E-state index is 11.4. The first-order valence-corrected chi connectivity index (χ1v) is 5.50. The number of rotatable bonds is 5. The zero-order valence-electron chi connectivity index (χ0n) is 9.07. The quantitative estimate of drug-likeness (QED) is 0.798. The van der Waals surface area contributed by atoms with Crippen molar-refractivity contribution in [3.05, 3.63) is 35.9 Å². The van der Waals surface area contributed by atoms with Gasteiger partial charge in [0, 0.05) is 6.42 Å². The number of benzene rings is 1. The van der Waals surface area contributed by atoms with Crippen LogP contribution in [0.3, 0.4) is 0 Å². The smallest absolute Gasteiger partial charge is 0.243 e. The van der Waals surface area contributed by atoms with Gasteiger partial charge in [-0.25, -0.2) is 0 Å². The van der Waals surface area contributed by atoms with Crippen LogP contribution >= 0.6 is 11.6 Å². The normalized spacial score (nSPS) is 11.9. The molecule has 3 nitrogen and oxygen atoms in total. The van der Waals surface area contributed by atoms with Gasteiger partial charge in [-0.2, -0.15) is 0 Å². The summed E-state index contributed by atoms with van der Waals surface area (Å²) in [5.74, 6) is -0.162. The number of hydrogen-bond donors (Lipinski definition) is 1. The second-order valence-corrected chi connectivity index (χ2v) is 3.95.